The SMILES string of the molecule is COc1cc(/C=C2\C(=O)NC(=O)N(c3ccc(C)c(Cl)c3)C2=O)cc(I)c1Cc1ccccc1Br. The second-order valence-electron chi connectivity index (χ2n) is 7.84. The molecule has 3 aromatic carbocycles. The zero-order chi connectivity index (χ0) is 25.3. The average molecular weight is 666 g/mol. The van der Waals surface area contributed by atoms with Crippen molar-refractivity contribution >= 4 is 79.7 Å². The number of nitrogens with zero attached hydrogens (tertiary/aromatic N) is 1. The molecule has 0 aromatic heterocycles. The molecule has 0 aliphatic carbocycles. The number of carbonyl (C=O) groups is 3. The van der Waals surface area contributed by atoms with Crippen molar-refractivity contribution in [3.8, 4) is 5.75 Å². The molecule has 1 fully saturated rings. The van der Waals surface area contributed by atoms with Crippen LogP contribution in [0.15, 0.2) is 64.6 Å². The van der Waals surface area contributed by atoms with Crippen molar-refractivity contribution in [1.82, 2.24) is 5.32 Å². The molecule has 4 rings (SSSR count). The molecule has 0 bridgehead atoms. The zero-order valence-electron chi connectivity index (χ0n) is 18.7. The number of anilines is 1. The van der Waals surface area contributed by atoms with Gasteiger partial charge in [-0.05, 0) is 82.6 Å². The smallest absolute Gasteiger partial charge is 0.335 e. The van der Waals surface area contributed by atoms with Crippen LogP contribution in [0, 0.1) is 10.5 Å². The Morgan fingerprint density at radius 1 is 1.11 bits per heavy atom. The van der Waals surface area contributed by atoms with Crippen LogP contribution in [0.1, 0.15) is 22.3 Å². The second-order valence-corrected chi connectivity index (χ2v) is 10.3. The number of benzene rings is 3. The number of methoxy groups -OCH3 is 1. The summed E-state index contributed by atoms with van der Waals surface area (Å²) < 4.78 is 7.54. The molecule has 0 unspecified atom stereocenters. The van der Waals surface area contributed by atoms with Crippen LogP contribution in [0.25, 0.3) is 6.08 Å². The highest BCUT2D eigenvalue weighted by Crippen LogP contribution is 2.32. The molecule has 6 nitrogen and oxygen atoms in total. The van der Waals surface area contributed by atoms with Gasteiger partial charge in [-0.15, -0.1) is 0 Å². The van der Waals surface area contributed by atoms with Crippen molar-refractivity contribution in [2.45, 2.75) is 13.3 Å². The van der Waals surface area contributed by atoms with E-state index < -0.39 is 17.8 Å². The lowest BCUT2D eigenvalue weighted by Crippen LogP contribution is -2.54. The van der Waals surface area contributed by atoms with Gasteiger partial charge in [0.15, 0.2) is 0 Å². The predicted octanol–water partition coefficient (Wildman–Crippen LogP) is 6.28. The average Bonchev–Trinajstić information content (AvgIpc) is 2.81. The summed E-state index contributed by atoms with van der Waals surface area (Å²) in [5.41, 5.74) is 3.58. The maximum Gasteiger partial charge on any atom is 0.335 e. The number of rotatable bonds is 5. The molecule has 1 aliphatic heterocycles. The van der Waals surface area contributed by atoms with Crippen molar-refractivity contribution in [1.29, 1.82) is 0 Å². The summed E-state index contributed by atoms with van der Waals surface area (Å²) in [5, 5.41) is 2.64. The van der Waals surface area contributed by atoms with Crippen molar-refractivity contribution in [3.05, 3.63) is 95.5 Å². The number of amides is 4. The molecule has 9 heteroatoms. The van der Waals surface area contributed by atoms with Crippen molar-refractivity contribution in [2.24, 2.45) is 0 Å². The minimum absolute atomic E-state index is 0.169. The summed E-state index contributed by atoms with van der Waals surface area (Å²) in [4.78, 5) is 39.2. The maximum absolute atomic E-state index is 13.2. The molecule has 1 N–H and O–H groups in total. The fourth-order valence-electron chi connectivity index (χ4n) is 3.68. The summed E-state index contributed by atoms with van der Waals surface area (Å²) in [7, 11) is 1.58. The van der Waals surface area contributed by atoms with Gasteiger partial charge in [0.1, 0.15) is 11.3 Å². The van der Waals surface area contributed by atoms with E-state index in [4.69, 9.17) is 16.3 Å². The number of hydrogen-bond acceptors (Lipinski definition) is 4. The van der Waals surface area contributed by atoms with Crippen LogP contribution >= 0.6 is 50.1 Å². The Labute approximate surface area is 229 Å². The van der Waals surface area contributed by atoms with Gasteiger partial charge in [0.25, 0.3) is 11.8 Å². The van der Waals surface area contributed by atoms with E-state index >= 15 is 0 Å². The maximum atomic E-state index is 13.2. The Hall–Kier alpha value is -2.69. The molecular weight excluding hydrogens is 647 g/mol. The Morgan fingerprint density at radius 3 is 2.54 bits per heavy atom. The fourth-order valence-corrected chi connectivity index (χ4v) is 5.10. The van der Waals surface area contributed by atoms with Gasteiger partial charge in [0, 0.05) is 25.0 Å². The Morgan fingerprint density at radius 2 is 1.86 bits per heavy atom. The molecule has 0 radical (unpaired) electrons. The summed E-state index contributed by atoms with van der Waals surface area (Å²) >= 11 is 12.0. The van der Waals surface area contributed by atoms with Gasteiger partial charge in [-0.2, -0.15) is 0 Å². The first-order valence-electron chi connectivity index (χ1n) is 10.5. The lowest BCUT2D eigenvalue weighted by atomic mass is 10.0. The number of ether oxygens (including phenoxy) is 1. The molecule has 4 amide bonds. The fraction of sp³-hybridized carbons (Fsp3) is 0.115. The largest absolute Gasteiger partial charge is 0.496 e. The minimum Gasteiger partial charge on any atom is -0.496 e. The second kappa shape index (κ2) is 10.5. The van der Waals surface area contributed by atoms with Crippen LogP contribution in [0.3, 0.4) is 0 Å². The molecule has 0 atom stereocenters. The monoisotopic (exact) mass is 664 g/mol. The number of imide groups is 2. The van der Waals surface area contributed by atoms with Crippen molar-refractivity contribution in [3.63, 3.8) is 0 Å². The zero-order valence-corrected chi connectivity index (χ0v) is 23.2. The molecule has 0 saturated carbocycles. The highest BCUT2D eigenvalue weighted by molar-refractivity contribution is 14.1. The first kappa shape index (κ1) is 25.4. The number of urea groups is 1. The van der Waals surface area contributed by atoms with Crippen molar-refractivity contribution < 1.29 is 19.1 Å². The van der Waals surface area contributed by atoms with E-state index in [1.54, 1.807) is 25.3 Å². The van der Waals surface area contributed by atoms with E-state index in [0.29, 0.717) is 22.8 Å². The Kier molecular flexibility index (Phi) is 7.63. The number of nitrogens with one attached hydrogen (secondary N) is 1. The third-order valence-corrected chi connectivity index (χ3v) is 7.69. The molecule has 1 heterocycles. The topological polar surface area (TPSA) is 75.7 Å². The van der Waals surface area contributed by atoms with Gasteiger partial charge in [-0.3, -0.25) is 14.9 Å². The quantitative estimate of drug-likeness (QED) is 0.198. The van der Waals surface area contributed by atoms with Gasteiger partial charge >= 0.3 is 6.03 Å². The lowest BCUT2D eigenvalue weighted by Gasteiger charge is -2.26. The summed E-state index contributed by atoms with van der Waals surface area (Å²) in [6.07, 6.45) is 2.09. The van der Waals surface area contributed by atoms with Gasteiger partial charge in [-0.25, -0.2) is 9.69 Å². The van der Waals surface area contributed by atoms with E-state index in [2.05, 4.69) is 43.8 Å². The number of hydrogen-bond donors (Lipinski definition) is 1. The summed E-state index contributed by atoms with van der Waals surface area (Å²) in [5.74, 6) is -0.868. The van der Waals surface area contributed by atoms with Crippen LogP contribution in [-0.4, -0.2) is 25.0 Å². The molecule has 1 aliphatic rings. The number of halogens is 3. The van der Waals surface area contributed by atoms with Crippen LogP contribution in [0.4, 0.5) is 10.5 Å². The highest BCUT2D eigenvalue weighted by atomic mass is 127. The first-order chi connectivity index (χ1) is 16.7. The van der Waals surface area contributed by atoms with Crippen LogP contribution in [0.2, 0.25) is 5.02 Å². The number of barbiturate groups is 1. The first-order valence-corrected chi connectivity index (χ1v) is 12.7. The Bertz CT molecular complexity index is 1410. The highest BCUT2D eigenvalue weighted by Gasteiger charge is 2.37. The number of carbonyl (C=O) groups excluding carboxylic acids is 3. The normalized spacial score (nSPS) is 14.9. The standard InChI is InChI=1S/C26H19BrClIN2O4/c1-14-7-8-17(13-21(14)28)31-25(33)19(24(32)30-26(31)34)9-15-10-22(29)18(23(11-15)35-2)12-16-5-3-4-6-20(16)27/h3-11,13H,12H2,1-2H3,(H,30,32,34)/b19-9+. The Balaban J connectivity index is 1.72. The minimum atomic E-state index is -0.826. The predicted molar refractivity (Wildman–Crippen MR) is 148 cm³/mol. The molecule has 3 aromatic rings. The van der Waals surface area contributed by atoms with Crippen LogP contribution in [0.5, 0.6) is 5.75 Å². The molecular formula is C26H19BrClIN2O4. The van der Waals surface area contributed by atoms with E-state index in [0.717, 1.165) is 29.6 Å². The summed E-state index contributed by atoms with van der Waals surface area (Å²) in [6.45, 7) is 1.81. The van der Waals surface area contributed by atoms with Gasteiger partial charge in [-0.1, -0.05) is 51.8 Å². The molecule has 1 saturated heterocycles. The van der Waals surface area contributed by atoms with Gasteiger partial charge in [0.05, 0.1) is 12.8 Å². The number of aryl methyl sites for hydroxylation is 1. The lowest BCUT2D eigenvalue weighted by molar-refractivity contribution is -0.122. The van der Waals surface area contributed by atoms with Gasteiger partial charge < -0.3 is 4.74 Å². The van der Waals surface area contributed by atoms with E-state index in [1.165, 1.54) is 12.1 Å². The molecule has 0 spiro atoms. The summed E-state index contributed by atoms with van der Waals surface area (Å²) in [6, 6.07) is 15.6. The van der Waals surface area contributed by atoms with E-state index in [9.17, 15) is 14.4 Å². The molecule has 35 heavy (non-hydrogen) atoms. The third-order valence-electron chi connectivity index (χ3n) is 5.55. The van der Waals surface area contributed by atoms with Crippen LogP contribution < -0.4 is 15.0 Å². The molecule has 178 valence electrons. The van der Waals surface area contributed by atoms with E-state index in [-0.39, 0.29) is 11.3 Å². The van der Waals surface area contributed by atoms with Crippen LogP contribution in [-0.2, 0) is 16.0 Å². The van der Waals surface area contributed by atoms with E-state index in [1.807, 2.05) is 37.3 Å². The van der Waals surface area contributed by atoms with Crippen molar-refractivity contribution in [2.75, 3.05) is 12.0 Å². The third kappa shape index (κ3) is 5.29. The van der Waals surface area contributed by atoms with Gasteiger partial charge in [0.2, 0.25) is 0 Å².